The number of alkyl halides is 1. The largest absolute Gasteiger partial charge is 0.449 e. The summed E-state index contributed by atoms with van der Waals surface area (Å²) in [7, 11) is 0. The van der Waals surface area contributed by atoms with Crippen LogP contribution in [0.3, 0.4) is 0 Å². The number of aromatic nitrogens is 2. The lowest BCUT2D eigenvalue weighted by molar-refractivity contribution is 0.154. The van der Waals surface area contributed by atoms with E-state index in [1.807, 2.05) is 24.3 Å². The first-order chi connectivity index (χ1) is 7.77. The maximum Gasteiger partial charge on any atom is 0.420 e. The van der Waals surface area contributed by atoms with Crippen molar-refractivity contribution in [3.63, 3.8) is 0 Å². The van der Waals surface area contributed by atoms with E-state index < -0.39 is 6.09 Å². The van der Waals surface area contributed by atoms with Crippen LogP contribution in [0.25, 0.3) is 11.0 Å². The molecule has 5 heteroatoms. The van der Waals surface area contributed by atoms with Crippen LogP contribution < -0.4 is 0 Å². The highest BCUT2D eigenvalue weighted by Crippen LogP contribution is 2.17. The van der Waals surface area contributed by atoms with Crippen LogP contribution in [0.15, 0.2) is 24.3 Å². The molecule has 0 fully saturated rings. The number of ether oxygens (including phenoxy) is 1. The minimum absolute atomic E-state index is 0.174. The summed E-state index contributed by atoms with van der Waals surface area (Å²) in [6.07, 6.45) is -0.438. The summed E-state index contributed by atoms with van der Waals surface area (Å²) in [6, 6.07) is 7.36. The summed E-state index contributed by atoms with van der Waals surface area (Å²) >= 11 is 5.76. The van der Waals surface area contributed by atoms with Gasteiger partial charge in [0.2, 0.25) is 0 Å². The van der Waals surface area contributed by atoms with E-state index >= 15 is 0 Å². The number of para-hydroxylation sites is 2. The monoisotopic (exact) mass is 238 g/mol. The molecule has 84 valence electrons. The normalized spacial score (nSPS) is 10.6. The molecule has 0 aliphatic rings. The van der Waals surface area contributed by atoms with Crippen molar-refractivity contribution in [3.8, 4) is 0 Å². The number of fused-ring (bicyclic) bond motifs is 1. The Morgan fingerprint density at radius 3 is 2.94 bits per heavy atom. The number of halogens is 1. The third kappa shape index (κ3) is 1.76. The number of hydrogen-bond donors (Lipinski definition) is 0. The lowest BCUT2D eigenvalue weighted by Gasteiger charge is -2.05. The minimum Gasteiger partial charge on any atom is -0.449 e. The Hall–Kier alpha value is -1.55. The van der Waals surface area contributed by atoms with E-state index in [1.165, 1.54) is 4.57 Å². The molecule has 4 nitrogen and oxygen atoms in total. The van der Waals surface area contributed by atoms with Crippen molar-refractivity contribution < 1.29 is 9.53 Å². The molecule has 16 heavy (non-hydrogen) atoms. The van der Waals surface area contributed by atoms with Crippen LogP contribution in [-0.4, -0.2) is 22.3 Å². The number of carbonyl (C=O) groups excluding carboxylic acids is 1. The predicted molar refractivity (Wildman–Crippen MR) is 61.7 cm³/mol. The summed E-state index contributed by atoms with van der Waals surface area (Å²) in [5, 5.41) is 0. The van der Waals surface area contributed by atoms with Crippen LogP contribution >= 0.6 is 11.6 Å². The number of imidazole rings is 1. The lowest BCUT2D eigenvalue weighted by Crippen LogP contribution is -2.15. The van der Waals surface area contributed by atoms with Crippen molar-refractivity contribution >= 4 is 28.7 Å². The first-order valence-electron chi connectivity index (χ1n) is 4.97. The van der Waals surface area contributed by atoms with Gasteiger partial charge < -0.3 is 4.74 Å². The number of hydrogen-bond acceptors (Lipinski definition) is 3. The van der Waals surface area contributed by atoms with Gasteiger partial charge in [0.1, 0.15) is 5.82 Å². The first kappa shape index (κ1) is 11.0. The SMILES string of the molecule is CCOC(=O)n1c(CCl)nc2ccccc21. The van der Waals surface area contributed by atoms with Crippen molar-refractivity contribution in [1.29, 1.82) is 0 Å². The highest BCUT2D eigenvalue weighted by Gasteiger charge is 2.16. The Bertz CT molecular complexity index is 522. The maximum absolute atomic E-state index is 11.7. The molecule has 0 unspecified atom stereocenters. The van der Waals surface area contributed by atoms with Gasteiger partial charge in [0.25, 0.3) is 0 Å². The van der Waals surface area contributed by atoms with Crippen molar-refractivity contribution in [2.45, 2.75) is 12.8 Å². The molecule has 1 aromatic heterocycles. The predicted octanol–water partition coefficient (Wildman–Crippen LogP) is 2.78. The van der Waals surface area contributed by atoms with Gasteiger partial charge in [-0.3, -0.25) is 0 Å². The van der Waals surface area contributed by atoms with Crippen LogP contribution in [0, 0.1) is 0 Å². The van der Waals surface area contributed by atoms with Crippen molar-refractivity contribution in [1.82, 2.24) is 9.55 Å². The third-order valence-corrected chi connectivity index (χ3v) is 2.44. The summed E-state index contributed by atoms with van der Waals surface area (Å²) in [6.45, 7) is 2.09. The van der Waals surface area contributed by atoms with Crippen LogP contribution in [-0.2, 0) is 10.6 Å². The maximum atomic E-state index is 11.7. The fourth-order valence-corrected chi connectivity index (χ4v) is 1.74. The van der Waals surface area contributed by atoms with Crippen LogP contribution in [0.1, 0.15) is 12.7 Å². The molecule has 1 aromatic carbocycles. The molecule has 0 bridgehead atoms. The Kier molecular flexibility index (Phi) is 3.10. The zero-order valence-corrected chi connectivity index (χ0v) is 9.57. The zero-order chi connectivity index (χ0) is 11.5. The first-order valence-corrected chi connectivity index (χ1v) is 5.50. The van der Waals surface area contributed by atoms with Crippen LogP contribution in [0.4, 0.5) is 4.79 Å². The Balaban J connectivity index is 2.60. The number of nitrogens with zero attached hydrogens (tertiary/aromatic N) is 2. The molecule has 0 saturated carbocycles. The summed E-state index contributed by atoms with van der Waals surface area (Å²) in [4.78, 5) is 16.0. The van der Waals surface area contributed by atoms with E-state index in [-0.39, 0.29) is 5.88 Å². The van der Waals surface area contributed by atoms with Gasteiger partial charge in [-0.05, 0) is 19.1 Å². The quantitative estimate of drug-likeness (QED) is 0.756. The second-order valence-electron chi connectivity index (χ2n) is 3.18. The number of benzene rings is 1. The third-order valence-electron chi connectivity index (χ3n) is 2.20. The molecule has 0 spiro atoms. The Morgan fingerprint density at radius 2 is 2.25 bits per heavy atom. The van der Waals surface area contributed by atoms with Gasteiger partial charge >= 0.3 is 6.09 Å². The Morgan fingerprint density at radius 1 is 1.50 bits per heavy atom. The molecular formula is C11H11ClN2O2. The van der Waals surface area contributed by atoms with Gasteiger partial charge in [0.05, 0.1) is 23.5 Å². The van der Waals surface area contributed by atoms with Crippen molar-refractivity contribution in [2.75, 3.05) is 6.61 Å². The van der Waals surface area contributed by atoms with E-state index in [9.17, 15) is 4.79 Å². The average Bonchev–Trinajstić information content (AvgIpc) is 2.67. The van der Waals surface area contributed by atoms with Crippen molar-refractivity contribution in [3.05, 3.63) is 30.1 Å². The van der Waals surface area contributed by atoms with Gasteiger partial charge in [-0.15, -0.1) is 11.6 Å². The molecule has 0 saturated heterocycles. The fraction of sp³-hybridized carbons (Fsp3) is 0.273. The molecular weight excluding hydrogens is 228 g/mol. The van der Waals surface area contributed by atoms with Gasteiger partial charge in [-0.2, -0.15) is 0 Å². The number of carbonyl (C=O) groups is 1. The van der Waals surface area contributed by atoms with E-state index in [4.69, 9.17) is 16.3 Å². The highest BCUT2D eigenvalue weighted by atomic mass is 35.5. The van der Waals surface area contributed by atoms with E-state index in [0.717, 1.165) is 11.0 Å². The van der Waals surface area contributed by atoms with Crippen LogP contribution in [0.2, 0.25) is 0 Å². The molecule has 0 atom stereocenters. The summed E-state index contributed by atoms with van der Waals surface area (Å²) in [5.41, 5.74) is 1.46. The highest BCUT2D eigenvalue weighted by molar-refractivity contribution is 6.17. The molecule has 0 aliphatic carbocycles. The second-order valence-corrected chi connectivity index (χ2v) is 3.45. The van der Waals surface area contributed by atoms with Gasteiger partial charge in [-0.1, -0.05) is 12.1 Å². The smallest absolute Gasteiger partial charge is 0.420 e. The molecule has 1 heterocycles. The molecule has 2 rings (SSSR count). The summed E-state index contributed by atoms with van der Waals surface area (Å²) < 4.78 is 6.37. The molecule has 0 radical (unpaired) electrons. The van der Waals surface area contributed by atoms with Crippen LogP contribution in [0.5, 0.6) is 0 Å². The molecule has 0 amide bonds. The standard InChI is InChI=1S/C11H11ClN2O2/c1-2-16-11(15)14-9-6-4-3-5-8(9)13-10(14)7-12/h3-6H,2,7H2,1H3. The van der Waals surface area contributed by atoms with Gasteiger partial charge in [0, 0.05) is 0 Å². The second kappa shape index (κ2) is 4.53. The van der Waals surface area contributed by atoms with E-state index in [1.54, 1.807) is 6.92 Å². The van der Waals surface area contributed by atoms with Gasteiger partial charge in [0.15, 0.2) is 0 Å². The van der Waals surface area contributed by atoms with E-state index in [2.05, 4.69) is 4.98 Å². The molecule has 0 N–H and O–H groups in total. The van der Waals surface area contributed by atoms with Crippen molar-refractivity contribution in [2.24, 2.45) is 0 Å². The Labute approximate surface area is 97.8 Å². The molecule has 0 aliphatic heterocycles. The minimum atomic E-state index is -0.438. The fourth-order valence-electron chi connectivity index (χ4n) is 1.56. The lowest BCUT2D eigenvalue weighted by atomic mass is 10.3. The van der Waals surface area contributed by atoms with Gasteiger partial charge in [-0.25, -0.2) is 14.3 Å². The topological polar surface area (TPSA) is 44.1 Å². The summed E-state index contributed by atoms with van der Waals surface area (Å²) in [5.74, 6) is 0.675. The molecule has 2 aromatic rings. The average molecular weight is 239 g/mol. The van der Waals surface area contributed by atoms with E-state index in [0.29, 0.717) is 12.4 Å². The zero-order valence-electron chi connectivity index (χ0n) is 8.81. The number of rotatable bonds is 2.